The molecule has 10 bridgehead atoms. The number of pyridine rings is 2. The second kappa shape index (κ2) is 16.8. The summed E-state index contributed by atoms with van der Waals surface area (Å²) < 4.78 is 34.8. The van der Waals surface area contributed by atoms with Gasteiger partial charge < -0.3 is 28.4 Å². The largest absolute Gasteiger partial charge is 0.493 e. The van der Waals surface area contributed by atoms with E-state index in [4.69, 9.17) is 38.4 Å². The molecule has 2 aromatic heterocycles. The third-order valence-corrected chi connectivity index (χ3v) is 8.28. The first-order chi connectivity index (χ1) is 24.8. The molecule has 0 fully saturated rings. The summed E-state index contributed by atoms with van der Waals surface area (Å²) in [6.45, 7) is 4.04. The lowest BCUT2D eigenvalue weighted by Crippen LogP contribution is -2.13. The van der Waals surface area contributed by atoms with Gasteiger partial charge >= 0.3 is 0 Å². The Balaban J connectivity index is 1.05. The lowest BCUT2D eigenvalue weighted by molar-refractivity contribution is 0.0273. The van der Waals surface area contributed by atoms with E-state index in [1.807, 2.05) is 66.7 Å². The van der Waals surface area contributed by atoms with Crippen LogP contribution in [0.25, 0.3) is 44.3 Å². The Labute approximate surface area is 292 Å². The van der Waals surface area contributed by atoms with Gasteiger partial charge in [-0.25, -0.2) is 9.97 Å². The van der Waals surface area contributed by atoms with Crippen LogP contribution in [0.4, 0.5) is 0 Å². The van der Waals surface area contributed by atoms with Crippen LogP contribution in [0.5, 0.6) is 23.0 Å². The quantitative estimate of drug-likeness (QED) is 0.117. The molecule has 0 unspecified atom stereocenters. The first-order valence-corrected chi connectivity index (χ1v) is 17.1. The van der Waals surface area contributed by atoms with Crippen molar-refractivity contribution in [3.8, 4) is 45.5 Å². The van der Waals surface area contributed by atoms with Crippen LogP contribution in [0.3, 0.4) is 0 Å². The maximum absolute atomic E-state index is 5.99. The van der Waals surface area contributed by atoms with Crippen LogP contribution in [-0.2, 0) is 9.47 Å². The van der Waals surface area contributed by atoms with Crippen molar-refractivity contribution in [2.24, 2.45) is 0 Å². The number of fused-ring (bicyclic) bond motifs is 3. The van der Waals surface area contributed by atoms with Crippen molar-refractivity contribution in [2.75, 3.05) is 52.9 Å². The van der Waals surface area contributed by atoms with Gasteiger partial charge in [0.15, 0.2) is 0 Å². The Morgan fingerprint density at radius 1 is 0.340 bits per heavy atom. The first-order valence-electron chi connectivity index (χ1n) is 17.1. The molecule has 10 rings (SSSR count). The van der Waals surface area contributed by atoms with Crippen LogP contribution >= 0.6 is 0 Å². The van der Waals surface area contributed by atoms with Gasteiger partial charge in [0.25, 0.3) is 0 Å². The van der Waals surface area contributed by atoms with E-state index in [1.165, 1.54) is 0 Å². The molecule has 4 aromatic carbocycles. The van der Waals surface area contributed by atoms with E-state index in [1.54, 1.807) is 0 Å². The van der Waals surface area contributed by atoms with Crippen molar-refractivity contribution < 1.29 is 28.4 Å². The number of ether oxygens (including phenoxy) is 6. The molecule has 254 valence electrons. The second-order valence-corrected chi connectivity index (χ2v) is 11.8. The van der Waals surface area contributed by atoms with E-state index in [0.717, 1.165) is 80.2 Å². The van der Waals surface area contributed by atoms with Crippen molar-refractivity contribution in [1.82, 2.24) is 9.97 Å². The zero-order chi connectivity index (χ0) is 33.8. The minimum Gasteiger partial charge on any atom is -0.493 e. The van der Waals surface area contributed by atoms with Crippen LogP contribution in [-0.4, -0.2) is 62.8 Å². The predicted octanol–water partition coefficient (Wildman–Crippen LogP) is 8.72. The average Bonchev–Trinajstić information content (AvgIpc) is 3.17. The summed E-state index contributed by atoms with van der Waals surface area (Å²) in [5.41, 5.74) is 5.54. The molecule has 0 radical (unpaired) electrons. The van der Waals surface area contributed by atoms with Crippen molar-refractivity contribution in [3.05, 3.63) is 121 Å². The molecule has 4 aliphatic heterocycles. The van der Waals surface area contributed by atoms with Crippen LogP contribution < -0.4 is 18.9 Å². The third kappa shape index (κ3) is 8.77. The molecule has 0 N–H and O–H groups in total. The minimum atomic E-state index is 0.447. The molecule has 6 heterocycles. The molecule has 0 aliphatic carbocycles. The second-order valence-electron chi connectivity index (χ2n) is 11.8. The molecule has 0 amide bonds. The van der Waals surface area contributed by atoms with E-state index < -0.39 is 0 Å². The zero-order valence-electron chi connectivity index (χ0n) is 28.0. The third-order valence-electron chi connectivity index (χ3n) is 8.28. The molecule has 0 spiro atoms. The van der Waals surface area contributed by atoms with Gasteiger partial charge in [-0.3, -0.25) is 0 Å². The van der Waals surface area contributed by atoms with Crippen LogP contribution in [0.1, 0.15) is 12.8 Å². The van der Waals surface area contributed by atoms with Gasteiger partial charge in [0.05, 0.1) is 62.1 Å². The van der Waals surface area contributed by atoms with E-state index >= 15 is 0 Å². The predicted molar refractivity (Wildman–Crippen MR) is 196 cm³/mol. The van der Waals surface area contributed by atoms with Gasteiger partial charge in [-0.05, 0) is 97.8 Å². The summed E-state index contributed by atoms with van der Waals surface area (Å²) in [5.74, 6) is 3.20. The fourth-order valence-corrected chi connectivity index (χ4v) is 5.65. The van der Waals surface area contributed by atoms with Crippen molar-refractivity contribution in [1.29, 1.82) is 0 Å². The van der Waals surface area contributed by atoms with Crippen LogP contribution in [0.15, 0.2) is 121 Å². The highest BCUT2D eigenvalue weighted by atomic mass is 16.6. The van der Waals surface area contributed by atoms with Gasteiger partial charge in [0, 0.05) is 21.9 Å². The van der Waals surface area contributed by atoms with Gasteiger partial charge in [-0.2, -0.15) is 0 Å². The molecule has 50 heavy (non-hydrogen) atoms. The number of hydrogen-bond donors (Lipinski definition) is 0. The Morgan fingerprint density at radius 3 is 1.10 bits per heavy atom. The summed E-state index contributed by atoms with van der Waals surface area (Å²) in [6, 6.07) is 36.3. The van der Waals surface area contributed by atoms with Gasteiger partial charge in [0.2, 0.25) is 0 Å². The number of benzene rings is 4. The molecule has 0 saturated carbocycles. The molecule has 0 atom stereocenters. The summed E-state index contributed by atoms with van der Waals surface area (Å²) >= 11 is 0. The van der Waals surface area contributed by atoms with E-state index in [2.05, 4.69) is 54.6 Å². The molecular weight excluding hydrogens is 628 g/mol. The molecule has 4 aliphatic rings. The Hall–Kier alpha value is -5.44. The lowest BCUT2D eigenvalue weighted by atomic mass is 10.1. The number of nitrogens with zero attached hydrogens (tertiary/aromatic N) is 2. The highest BCUT2D eigenvalue weighted by Gasteiger charge is 2.10. The van der Waals surface area contributed by atoms with Gasteiger partial charge in [0.1, 0.15) is 36.2 Å². The SMILES string of the molecule is C1=C/CCOc2ccc(cc2)-c2ccc3ccc4ccc(nc4c3n2)-c2ccc(cc2)OCCOCCOCCOc2ccc(cc2)OCC/1. The molecular formula is C42H40N2O6. The molecule has 8 nitrogen and oxygen atoms in total. The fraction of sp³-hybridized carbons (Fsp3) is 0.238. The summed E-state index contributed by atoms with van der Waals surface area (Å²) in [4.78, 5) is 10.2. The maximum atomic E-state index is 5.99. The van der Waals surface area contributed by atoms with Crippen molar-refractivity contribution in [3.63, 3.8) is 0 Å². The summed E-state index contributed by atoms with van der Waals surface area (Å²) in [5, 5.41) is 2.09. The van der Waals surface area contributed by atoms with Crippen molar-refractivity contribution in [2.45, 2.75) is 12.8 Å². The highest BCUT2D eigenvalue weighted by Crippen LogP contribution is 2.30. The van der Waals surface area contributed by atoms with Gasteiger partial charge in [-0.15, -0.1) is 0 Å². The summed E-state index contributed by atoms with van der Waals surface area (Å²) in [7, 11) is 0. The van der Waals surface area contributed by atoms with Crippen LogP contribution in [0, 0.1) is 0 Å². The summed E-state index contributed by atoms with van der Waals surface area (Å²) in [6.07, 6.45) is 5.89. The topological polar surface area (TPSA) is 81.2 Å². The lowest BCUT2D eigenvalue weighted by Gasteiger charge is -2.10. The number of aromatic nitrogens is 2. The smallest absolute Gasteiger partial charge is 0.119 e. The monoisotopic (exact) mass is 668 g/mol. The fourth-order valence-electron chi connectivity index (χ4n) is 5.65. The van der Waals surface area contributed by atoms with E-state index in [-0.39, 0.29) is 0 Å². The normalized spacial score (nSPS) is 15.8. The molecule has 0 saturated heterocycles. The molecule has 6 aromatic rings. The standard InChI is InChI=1S/C42H40N2O6/c1-2-4-24-48-37-17-19-38(20-18-37)50-30-28-46-26-25-45-27-29-49-36-15-9-32(10-16-36)40-22-12-34-6-5-33-11-21-39(43-41(33)42(34)44-40)31-7-13-35(14-8-31)47-23-3-1/h1-2,5-22H,3-4,23-30H2/b2-1+. The number of hydrogen-bond acceptors (Lipinski definition) is 8. The average molecular weight is 669 g/mol. The Kier molecular flexibility index (Phi) is 11.1. The van der Waals surface area contributed by atoms with E-state index in [9.17, 15) is 0 Å². The Morgan fingerprint density at radius 2 is 0.680 bits per heavy atom. The maximum Gasteiger partial charge on any atom is 0.119 e. The molecule has 8 heteroatoms. The highest BCUT2D eigenvalue weighted by molar-refractivity contribution is 6.04. The van der Waals surface area contributed by atoms with Crippen LogP contribution in [0.2, 0.25) is 0 Å². The minimum absolute atomic E-state index is 0.447. The zero-order valence-corrected chi connectivity index (χ0v) is 28.0. The Bertz CT molecular complexity index is 2010. The van der Waals surface area contributed by atoms with Gasteiger partial charge in [-0.1, -0.05) is 36.4 Å². The number of rotatable bonds is 0. The van der Waals surface area contributed by atoms with Crippen molar-refractivity contribution >= 4 is 21.8 Å². The van der Waals surface area contributed by atoms with E-state index in [0.29, 0.717) is 52.9 Å². The first kappa shape index (κ1) is 33.1.